The average molecular weight is 442 g/mol. The molecule has 160 valence electrons. The van der Waals surface area contributed by atoms with Crippen molar-refractivity contribution >= 4 is 33.4 Å². The smallest absolute Gasteiger partial charge is 0.227 e. The number of nitrogens with one attached hydrogen (secondary N) is 1. The molecule has 2 amide bonds. The van der Waals surface area contributed by atoms with Gasteiger partial charge in [0.2, 0.25) is 21.8 Å². The fraction of sp³-hybridized carbons (Fsp3) is 0.600. The van der Waals surface area contributed by atoms with Crippen molar-refractivity contribution < 1.29 is 18.0 Å². The molecule has 3 rings (SSSR count). The fourth-order valence-electron chi connectivity index (χ4n) is 4.28. The highest BCUT2D eigenvalue weighted by molar-refractivity contribution is 7.88. The first-order chi connectivity index (χ1) is 13.8. The molecule has 1 saturated heterocycles. The van der Waals surface area contributed by atoms with E-state index in [1.807, 2.05) is 12.1 Å². The third-order valence-electron chi connectivity index (χ3n) is 5.72. The first-order valence-electron chi connectivity index (χ1n) is 10.0. The molecular formula is C20H28ClN3O4S. The summed E-state index contributed by atoms with van der Waals surface area (Å²) in [6, 6.07) is 6.85. The number of carbonyl (C=O) groups excluding carboxylic acids is 2. The van der Waals surface area contributed by atoms with Crippen LogP contribution in [-0.2, 0) is 26.0 Å². The highest BCUT2D eigenvalue weighted by atomic mass is 35.5. The molecule has 2 aliphatic rings. The maximum atomic E-state index is 12.8. The highest BCUT2D eigenvalue weighted by Crippen LogP contribution is 2.32. The number of benzene rings is 1. The van der Waals surface area contributed by atoms with Gasteiger partial charge in [-0.3, -0.25) is 9.59 Å². The topological polar surface area (TPSA) is 86.8 Å². The zero-order chi connectivity index (χ0) is 21.0. The van der Waals surface area contributed by atoms with Crippen molar-refractivity contribution in [2.45, 2.75) is 38.1 Å². The summed E-state index contributed by atoms with van der Waals surface area (Å²) in [5, 5.41) is 3.52. The van der Waals surface area contributed by atoms with Crippen molar-refractivity contribution in [1.82, 2.24) is 14.5 Å². The Hall–Kier alpha value is -1.64. The molecular weight excluding hydrogens is 414 g/mol. The SMILES string of the molecule is CS(=O)(=O)N1CCCN(C(=O)Cc2ccc(Cl)cc2)CCNC(=O)C2CCCC21. The summed E-state index contributed by atoms with van der Waals surface area (Å²) in [4.78, 5) is 27.2. The first-order valence-corrected chi connectivity index (χ1v) is 12.2. The molecule has 9 heteroatoms. The number of fused-ring (bicyclic) bond motifs is 1. The fourth-order valence-corrected chi connectivity index (χ4v) is 5.61. The third-order valence-corrected chi connectivity index (χ3v) is 7.28. The number of halogens is 1. The zero-order valence-electron chi connectivity index (χ0n) is 16.6. The Morgan fingerprint density at radius 3 is 2.55 bits per heavy atom. The van der Waals surface area contributed by atoms with E-state index in [0.717, 1.165) is 12.0 Å². The summed E-state index contributed by atoms with van der Waals surface area (Å²) in [6.45, 7) is 1.55. The van der Waals surface area contributed by atoms with E-state index in [1.54, 1.807) is 17.0 Å². The van der Waals surface area contributed by atoms with E-state index < -0.39 is 10.0 Å². The van der Waals surface area contributed by atoms with Gasteiger partial charge in [0.05, 0.1) is 18.6 Å². The Morgan fingerprint density at radius 1 is 1.14 bits per heavy atom. The van der Waals surface area contributed by atoms with Gasteiger partial charge >= 0.3 is 0 Å². The lowest BCUT2D eigenvalue weighted by molar-refractivity contribution is -0.131. The average Bonchev–Trinajstić information content (AvgIpc) is 3.12. The minimum absolute atomic E-state index is 0.0491. The van der Waals surface area contributed by atoms with Crippen LogP contribution in [0.3, 0.4) is 0 Å². The monoisotopic (exact) mass is 441 g/mol. The lowest BCUT2D eigenvalue weighted by Gasteiger charge is -2.30. The van der Waals surface area contributed by atoms with Crippen molar-refractivity contribution in [3.05, 3.63) is 34.9 Å². The maximum Gasteiger partial charge on any atom is 0.227 e. The summed E-state index contributed by atoms with van der Waals surface area (Å²) in [5.74, 6) is -0.485. The molecule has 0 bridgehead atoms. The Bertz CT molecular complexity index is 844. The number of carbonyl (C=O) groups is 2. The Labute approximate surface area is 177 Å². The summed E-state index contributed by atoms with van der Waals surface area (Å²) in [7, 11) is -3.44. The molecule has 2 unspecified atom stereocenters. The molecule has 2 fully saturated rings. The standard InChI is InChI=1S/C20H28ClN3O4S/c1-29(27,28)24-12-3-11-23(19(25)14-15-6-8-16(21)9-7-15)13-10-22-20(26)17-4-2-5-18(17)24/h6-9,17-18H,2-5,10-14H2,1H3,(H,22,26). The van der Waals surface area contributed by atoms with E-state index in [2.05, 4.69) is 5.32 Å². The number of amides is 2. The van der Waals surface area contributed by atoms with Crippen molar-refractivity contribution in [2.24, 2.45) is 5.92 Å². The van der Waals surface area contributed by atoms with E-state index in [-0.39, 0.29) is 30.2 Å². The molecule has 1 aliphatic carbocycles. The Morgan fingerprint density at radius 2 is 1.86 bits per heavy atom. The Kier molecular flexibility index (Phi) is 7.19. The van der Waals surface area contributed by atoms with Gasteiger partial charge in [-0.25, -0.2) is 8.42 Å². The molecule has 1 aromatic rings. The zero-order valence-corrected chi connectivity index (χ0v) is 18.2. The molecule has 1 saturated carbocycles. The van der Waals surface area contributed by atoms with E-state index >= 15 is 0 Å². The second-order valence-corrected chi connectivity index (χ2v) is 10.2. The minimum atomic E-state index is -3.44. The van der Waals surface area contributed by atoms with E-state index in [1.165, 1.54) is 10.6 Å². The maximum absolute atomic E-state index is 12.8. The third kappa shape index (κ3) is 5.71. The molecule has 1 N–H and O–H groups in total. The van der Waals surface area contributed by atoms with Crippen LogP contribution in [-0.4, -0.2) is 67.9 Å². The molecule has 0 aromatic heterocycles. The van der Waals surface area contributed by atoms with Crippen LogP contribution in [0.4, 0.5) is 0 Å². The molecule has 2 atom stereocenters. The van der Waals surface area contributed by atoms with Crippen molar-refractivity contribution in [1.29, 1.82) is 0 Å². The molecule has 1 aromatic carbocycles. The van der Waals surface area contributed by atoms with Crippen LogP contribution in [0.15, 0.2) is 24.3 Å². The molecule has 0 spiro atoms. The first kappa shape index (κ1) is 22.1. The normalized spacial score (nSPS) is 24.5. The number of hydrogen-bond acceptors (Lipinski definition) is 4. The minimum Gasteiger partial charge on any atom is -0.354 e. The summed E-state index contributed by atoms with van der Waals surface area (Å²) < 4.78 is 26.2. The Balaban J connectivity index is 1.72. The van der Waals surface area contributed by atoms with Gasteiger partial charge in [0.25, 0.3) is 0 Å². The van der Waals surface area contributed by atoms with Crippen molar-refractivity contribution in [2.75, 3.05) is 32.4 Å². The van der Waals surface area contributed by atoms with Crippen LogP contribution in [0.1, 0.15) is 31.2 Å². The van der Waals surface area contributed by atoms with Crippen LogP contribution < -0.4 is 5.32 Å². The number of sulfonamides is 1. The highest BCUT2D eigenvalue weighted by Gasteiger charge is 2.40. The van der Waals surface area contributed by atoms with Crippen LogP contribution >= 0.6 is 11.6 Å². The van der Waals surface area contributed by atoms with Crippen LogP contribution in [0, 0.1) is 5.92 Å². The largest absolute Gasteiger partial charge is 0.354 e. The predicted octanol–water partition coefficient (Wildman–Crippen LogP) is 1.66. The quantitative estimate of drug-likeness (QED) is 0.772. The van der Waals surface area contributed by atoms with Gasteiger partial charge in [-0.05, 0) is 37.0 Å². The lowest BCUT2D eigenvalue weighted by Crippen LogP contribution is -2.47. The molecule has 1 heterocycles. The van der Waals surface area contributed by atoms with E-state index in [0.29, 0.717) is 50.5 Å². The van der Waals surface area contributed by atoms with Crippen LogP contribution in [0.5, 0.6) is 0 Å². The number of rotatable bonds is 3. The second-order valence-electron chi connectivity index (χ2n) is 7.81. The molecule has 7 nitrogen and oxygen atoms in total. The molecule has 0 radical (unpaired) electrons. The second kappa shape index (κ2) is 9.45. The van der Waals surface area contributed by atoms with Gasteiger partial charge in [-0.1, -0.05) is 30.2 Å². The predicted molar refractivity (Wildman–Crippen MR) is 112 cm³/mol. The van der Waals surface area contributed by atoms with Crippen molar-refractivity contribution in [3.63, 3.8) is 0 Å². The summed E-state index contributed by atoms with van der Waals surface area (Å²) in [6.07, 6.45) is 4.22. The summed E-state index contributed by atoms with van der Waals surface area (Å²) in [5.41, 5.74) is 0.866. The molecule has 1 aliphatic heterocycles. The van der Waals surface area contributed by atoms with Crippen LogP contribution in [0.2, 0.25) is 5.02 Å². The molecule has 29 heavy (non-hydrogen) atoms. The van der Waals surface area contributed by atoms with Crippen LogP contribution in [0.25, 0.3) is 0 Å². The summed E-state index contributed by atoms with van der Waals surface area (Å²) >= 11 is 5.90. The van der Waals surface area contributed by atoms with E-state index in [9.17, 15) is 18.0 Å². The lowest BCUT2D eigenvalue weighted by atomic mass is 10.0. The van der Waals surface area contributed by atoms with Gasteiger partial charge in [0, 0.05) is 37.2 Å². The number of hydrogen-bond donors (Lipinski definition) is 1. The van der Waals surface area contributed by atoms with Gasteiger partial charge in [0.15, 0.2) is 0 Å². The van der Waals surface area contributed by atoms with Gasteiger partial charge in [0.1, 0.15) is 0 Å². The van der Waals surface area contributed by atoms with E-state index in [4.69, 9.17) is 11.6 Å². The van der Waals surface area contributed by atoms with Gasteiger partial charge in [-0.15, -0.1) is 0 Å². The van der Waals surface area contributed by atoms with Gasteiger partial charge in [-0.2, -0.15) is 4.31 Å². The number of nitrogens with zero attached hydrogens (tertiary/aromatic N) is 2. The van der Waals surface area contributed by atoms with Gasteiger partial charge < -0.3 is 10.2 Å². The van der Waals surface area contributed by atoms with Crippen molar-refractivity contribution in [3.8, 4) is 0 Å².